The molecule has 4 heteroatoms. The molecule has 1 aliphatic carbocycles. The molecule has 0 atom stereocenters. The molecule has 2 aliphatic heterocycles. The van der Waals surface area contributed by atoms with Crippen LogP contribution in [0.4, 0.5) is 51.2 Å². The molecule has 3 aliphatic rings. The predicted molar refractivity (Wildman–Crippen MR) is 358 cm³/mol. The van der Waals surface area contributed by atoms with E-state index in [0.717, 1.165) is 34.1 Å². The van der Waals surface area contributed by atoms with Crippen molar-refractivity contribution in [1.29, 1.82) is 0 Å². The Labute approximate surface area is 495 Å². The fourth-order valence-electron chi connectivity index (χ4n) is 13.9. The molecule has 84 heavy (non-hydrogen) atoms. The van der Waals surface area contributed by atoms with Gasteiger partial charge in [0.2, 0.25) is 0 Å². The summed E-state index contributed by atoms with van der Waals surface area (Å²) in [6, 6.07) is 105. The van der Waals surface area contributed by atoms with Gasteiger partial charge < -0.3 is 14.7 Å². The van der Waals surface area contributed by atoms with E-state index in [9.17, 15) is 0 Å². The maximum absolute atomic E-state index is 2.66. The summed E-state index contributed by atoms with van der Waals surface area (Å²) in [6.45, 7) is 13.9. The van der Waals surface area contributed by atoms with Gasteiger partial charge >= 0.3 is 0 Å². The molecule has 0 unspecified atom stereocenters. The second-order valence-electron chi connectivity index (χ2n) is 24.6. The van der Waals surface area contributed by atoms with Crippen molar-refractivity contribution in [2.24, 2.45) is 0 Å². The minimum absolute atomic E-state index is 0.0591. The van der Waals surface area contributed by atoms with Crippen molar-refractivity contribution in [3.8, 4) is 55.6 Å². The monoisotopic (exact) mass is 1080 g/mol. The van der Waals surface area contributed by atoms with E-state index in [0.29, 0.717) is 0 Å². The van der Waals surface area contributed by atoms with Gasteiger partial charge in [0, 0.05) is 56.4 Å². The van der Waals surface area contributed by atoms with Crippen LogP contribution >= 0.6 is 0 Å². The van der Waals surface area contributed by atoms with Crippen LogP contribution in [0.1, 0.15) is 56.9 Å². The van der Waals surface area contributed by atoms with Crippen LogP contribution in [0, 0.1) is 6.92 Å². The molecule has 0 saturated heterocycles. The van der Waals surface area contributed by atoms with Crippen LogP contribution in [0.3, 0.4) is 0 Å². The minimum atomic E-state index is -0.252. The number of benzene rings is 12. The van der Waals surface area contributed by atoms with Crippen molar-refractivity contribution < 1.29 is 0 Å². The second kappa shape index (κ2) is 19.9. The van der Waals surface area contributed by atoms with Gasteiger partial charge in [0.15, 0.2) is 0 Å². The summed E-state index contributed by atoms with van der Waals surface area (Å²) in [4.78, 5) is 7.70. The second-order valence-corrected chi connectivity index (χ2v) is 24.6. The molecule has 0 N–H and O–H groups in total. The molecule has 0 aromatic heterocycles. The van der Waals surface area contributed by atoms with Crippen molar-refractivity contribution in [2.75, 3.05) is 14.7 Å². The van der Waals surface area contributed by atoms with E-state index in [4.69, 9.17) is 0 Å². The minimum Gasteiger partial charge on any atom is -0.311 e. The molecule has 12 aromatic rings. The van der Waals surface area contributed by atoms with Crippen LogP contribution in [0.5, 0.6) is 0 Å². The molecule has 3 nitrogen and oxygen atoms in total. The predicted octanol–water partition coefficient (Wildman–Crippen LogP) is 19.8. The van der Waals surface area contributed by atoms with E-state index in [1.807, 2.05) is 0 Å². The van der Waals surface area contributed by atoms with Gasteiger partial charge in [-0.05, 0) is 174 Å². The van der Waals surface area contributed by atoms with Crippen molar-refractivity contribution in [1.82, 2.24) is 0 Å². The smallest absolute Gasteiger partial charge is 0.252 e. The fraction of sp³-hybridized carbons (Fsp3) is 0.100. The summed E-state index contributed by atoms with van der Waals surface area (Å²) in [7, 11) is 0. The van der Waals surface area contributed by atoms with E-state index < -0.39 is 0 Å². The van der Waals surface area contributed by atoms with Gasteiger partial charge in [-0.2, -0.15) is 0 Å². The molecule has 15 rings (SSSR count). The van der Waals surface area contributed by atoms with Crippen molar-refractivity contribution in [3.05, 3.63) is 301 Å². The van der Waals surface area contributed by atoms with E-state index in [1.165, 1.54) is 111 Å². The largest absolute Gasteiger partial charge is 0.311 e. The number of para-hydroxylation sites is 1. The highest BCUT2D eigenvalue weighted by molar-refractivity contribution is 7.00. The molecule has 0 spiro atoms. The molecule has 0 amide bonds. The van der Waals surface area contributed by atoms with Crippen LogP contribution < -0.4 is 31.1 Å². The lowest BCUT2D eigenvalue weighted by Crippen LogP contribution is -2.61. The van der Waals surface area contributed by atoms with Crippen LogP contribution in [0.2, 0.25) is 0 Å². The lowest BCUT2D eigenvalue weighted by atomic mass is 9.33. The zero-order chi connectivity index (χ0) is 56.8. The van der Waals surface area contributed by atoms with Crippen molar-refractivity contribution in [2.45, 2.75) is 52.4 Å². The highest BCUT2D eigenvalue weighted by Crippen LogP contribution is 2.55. The maximum Gasteiger partial charge on any atom is 0.252 e. The average molecular weight is 1080 g/mol. The topological polar surface area (TPSA) is 9.72 Å². The molecule has 0 fully saturated rings. The molecular weight excluding hydrogens is 1010 g/mol. The van der Waals surface area contributed by atoms with E-state index in [1.54, 1.807) is 0 Å². The Balaban J connectivity index is 1.04. The van der Waals surface area contributed by atoms with Crippen LogP contribution in [-0.4, -0.2) is 6.71 Å². The Bertz CT molecular complexity index is 4490. The lowest BCUT2D eigenvalue weighted by Gasteiger charge is -2.45. The Hall–Kier alpha value is -9.90. The van der Waals surface area contributed by atoms with Gasteiger partial charge in [0.05, 0.1) is 11.4 Å². The molecule has 0 bridgehead atoms. The van der Waals surface area contributed by atoms with Gasteiger partial charge in [0.25, 0.3) is 6.71 Å². The van der Waals surface area contributed by atoms with Gasteiger partial charge in [-0.25, -0.2) is 0 Å². The summed E-state index contributed by atoms with van der Waals surface area (Å²) in [5.74, 6) is 0. The van der Waals surface area contributed by atoms with Crippen molar-refractivity contribution >= 4 is 74.3 Å². The van der Waals surface area contributed by atoms with Gasteiger partial charge in [-0.1, -0.05) is 235 Å². The third-order valence-electron chi connectivity index (χ3n) is 18.0. The zero-order valence-electron chi connectivity index (χ0n) is 48.5. The highest BCUT2D eigenvalue weighted by Gasteiger charge is 2.45. The van der Waals surface area contributed by atoms with Crippen LogP contribution in [0.25, 0.3) is 55.6 Å². The quantitative estimate of drug-likeness (QED) is 0.133. The zero-order valence-corrected chi connectivity index (χ0v) is 48.5. The summed E-state index contributed by atoms with van der Waals surface area (Å²) in [5.41, 5.74) is 31.0. The number of fused-ring (bicyclic) bond motifs is 7. The number of aryl methyl sites for hydroxylation is 1. The van der Waals surface area contributed by atoms with Crippen LogP contribution in [-0.2, 0) is 10.8 Å². The molecule has 0 radical (unpaired) electrons. The normalized spacial score (nSPS) is 13.4. The summed E-state index contributed by atoms with van der Waals surface area (Å²) in [6.07, 6.45) is 0. The molecule has 2 heterocycles. The standard InChI is InChI=1S/C80H64BN3/c1-53-46-76-78-77(47-53)84(74-52-69-67(51-66(74)58-30-18-10-19-31-58)64-34-22-23-35-68(64)80(69,5)6)75-50-63(82(61-32-20-11-21-33-61)72-45-39-60(79(2,3)4)49-65(72)57-28-16-9-17-29-57)42-43-70(75)81(78)71-48-59(55-26-14-8-15-27-55)38-44-73(71)83(76)62-40-36-56(37-41-62)54-24-12-7-13-25-54/h7-52H,1-6H3. The van der Waals surface area contributed by atoms with E-state index in [2.05, 4.69) is 335 Å². The van der Waals surface area contributed by atoms with Gasteiger partial charge in [0.1, 0.15) is 0 Å². The Morgan fingerprint density at radius 1 is 0.357 bits per heavy atom. The summed E-state index contributed by atoms with van der Waals surface area (Å²) >= 11 is 0. The molecule has 0 saturated carbocycles. The number of rotatable bonds is 9. The van der Waals surface area contributed by atoms with Gasteiger partial charge in [-0.15, -0.1) is 0 Å². The SMILES string of the molecule is Cc1cc2c3c(c1)N(c1cc4c(cc1-c1ccccc1)-c1ccccc1C4(C)C)c1cc(N(c4ccccc4)c4ccc(C(C)(C)C)cc4-c4ccccc4)ccc1B3c1cc(-c3ccccc3)ccc1N2c1ccc(-c2ccccc2)cc1. The first-order chi connectivity index (χ1) is 41.0. The Kier molecular flexibility index (Phi) is 12.1. The summed E-state index contributed by atoms with van der Waals surface area (Å²) < 4.78 is 0. The first kappa shape index (κ1) is 51.0. The first-order valence-corrected chi connectivity index (χ1v) is 29.6. The maximum atomic E-state index is 2.66. The number of anilines is 9. The molecule has 12 aromatic carbocycles. The number of hydrogen-bond acceptors (Lipinski definition) is 3. The van der Waals surface area contributed by atoms with E-state index >= 15 is 0 Å². The fourth-order valence-corrected chi connectivity index (χ4v) is 13.9. The number of nitrogens with zero attached hydrogens (tertiary/aromatic N) is 3. The third-order valence-corrected chi connectivity index (χ3v) is 18.0. The summed E-state index contributed by atoms with van der Waals surface area (Å²) in [5, 5.41) is 0. The molecule has 402 valence electrons. The van der Waals surface area contributed by atoms with Crippen molar-refractivity contribution in [3.63, 3.8) is 0 Å². The van der Waals surface area contributed by atoms with Crippen LogP contribution in [0.15, 0.2) is 279 Å². The Morgan fingerprint density at radius 2 is 0.917 bits per heavy atom. The molecular formula is C80H64BN3. The third kappa shape index (κ3) is 8.42. The lowest BCUT2D eigenvalue weighted by molar-refractivity contribution is 0.590. The number of hydrogen-bond donors (Lipinski definition) is 0. The van der Waals surface area contributed by atoms with Gasteiger partial charge in [-0.3, -0.25) is 0 Å². The first-order valence-electron chi connectivity index (χ1n) is 29.6. The average Bonchev–Trinajstić information content (AvgIpc) is 1.15. The highest BCUT2D eigenvalue weighted by atomic mass is 15.2. The Morgan fingerprint density at radius 3 is 1.57 bits per heavy atom. The van der Waals surface area contributed by atoms with E-state index in [-0.39, 0.29) is 17.5 Å².